The summed E-state index contributed by atoms with van der Waals surface area (Å²) in [6.45, 7) is 0. The van der Waals surface area contributed by atoms with E-state index in [1.807, 2.05) is 0 Å². The van der Waals surface area contributed by atoms with Gasteiger partial charge in [0.15, 0.2) is 0 Å². The average Bonchev–Trinajstić information content (AvgIpc) is 2.93. The monoisotopic (exact) mass is 395 g/mol. The van der Waals surface area contributed by atoms with Crippen LogP contribution in [0.1, 0.15) is 44.9 Å². The first-order valence-corrected chi connectivity index (χ1v) is 10.6. The van der Waals surface area contributed by atoms with Gasteiger partial charge in [-0.3, -0.25) is 9.59 Å². The van der Waals surface area contributed by atoms with E-state index in [0.29, 0.717) is 25.0 Å². The lowest BCUT2D eigenvalue weighted by Gasteiger charge is -2.40. The van der Waals surface area contributed by atoms with Gasteiger partial charge in [0, 0.05) is 0 Å². The number of esters is 1. The van der Waals surface area contributed by atoms with Crippen LogP contribution in [-0.2, 0) is 24.3 Å². The van der Waals surface area contributed by atoms with E-state index < -0.39 is 33.4 Å². The van der Waals surface area contributed by atoms with Crippen LogP contribution in [-0.4, -0.2) is 44.4 Å². The highest BCUT2D eigenvalue weighted by Gasteiger charge is 2.56. The Morgan fingerprint density at radius 1 is 1.15 bits per heavy atom. The molecular weight excluding hydrogens is 370 g/mol. The molecule has 148 valence electrons. The summed E-state index contributed by atoms with van der Waals surface area (Å²) in [7, 11) is -1.25. The molecule has 1 atom stereocenters. The maximum Gasteiger partial charge on any atom is 0.306 e. The minimum Gasteiger partial charge on any atom is -0.497 e. The Morgan fingerprint density at radius 3 is 2.33 bits per heavy atom. The molecule has 1 amide bonds. The van der Waals surface area contributed by atoms with Crippen LogP contribution in [0.15, 0.2) is 29.2 Å². The second-order valence-corrected chi connectivity index (χ2v) is 9.04. The van der Waals surface area contributed by atoms with E-state index in [1.165, 1.54) is 26.4 Å². The lowest BCUT2D eigenvalue weighted by Crippen LogP contribution is -2.50. The number of sulfonamides is 1. The van der Waals surface area contributed by atoms with Gasteiger partial charge < -0.3 is 9.47 Å². The van der Waals surface area contributed by atoms with Crippen molar-refractivity contribution in [2.75, 3.05) is 14.2 Å². The molecule has 7 nitrogen and oxygen atoms in total. The summed E-state index contributed by atoms with van der Waals surface area (Å²) < 4.78 is 37.6. The molecule has 1 aromatic carbocycles. The highest BCUT2D eigenvalue weighted by molar-refractivity contribution is 7.89. The summed E-state index contributed by atoms with van der Waals surface area (Å²) in [5, 5.41) is 0. The average molecular weight is 395 g/mol. The molecule has 3 rings (SSSR count). The first kappa shape index (κ1) is 19.7. The molecule has 1 saturated heterocycles. The van der Waals surface area contributed by atoms with Crippen LogP contribution >= 0.6 is 0 Å². The van der Waals surface area contributed by atoms with Crippen LogP contribution in [0.3, 0.4) is 0 Å². The van der Waals surface area contributed by atoms with Gasteiger partial charge in [0.25, 0.3) is 10.0 Å². The number of rotatable bonds is 5. The molecule has 1 aromatic rings. The Morgan fingerprint density at radius 2 is 1.78 bits per heavy atom. The van der Waals surface area contributed by atoms with Gasteiger partial charge in [0.05, 0.1) is 37.0 Å². The molecule has 0 aromatic heterocycles. The Hall–Kier alpha value is -2.09. The molecule has 1 saturated carbocycles. The fraction of sp³-hybridized carbons (Fsp3) is 0.579. The minimum absolute atomic E-state index is 0.0558. The van der Waals surface area contributed by atoms with Crippen molar-refractivity contribution in [2.45, 2.75) is 55.4 Å². The number of hydrogen-bond acceptors (Lipinski definition) is 6. The van der Waals surface area contributed by atoms with Gasteiger partial charge in [-0.05, 0) is 43.5 Å². The van der Waals surface area contributed by atoms with E-state index in [0.717, 1.165) is 23.6 Å². The van der Waals surface area contributed by atoms with Gasteiger partial charge in [-0.1, -0.05) is 19.3 Å². The van der Waals surface area contributed by atoms with Crippen molar-refractivity contribution >= 4 is 21.9 Å². The second kappa shape index (κ2) is 7.50. The predicted octanol–water partition coefficient (Wildman–Crippen LogP) is 2.50. The van der Waals surface area contributed by atoms with E-state index in [-0.39, 0.29) is 11.3 Å². The molecule has 1 aliphatic heterocycles. The normalized spacial score (nSPS) is 22.1. The smallest absolute Gasteiger partial charge is 0.306 e. The zero-order valence-corrected chi connectivity index (χ0v) is 16.5. The minimum atomic E-state index is -4.02. The largest absolute Gasteiger partial charge is 0.497 e. The SMILES string of the molecule is COC(=O)C[C@@H]1CC2(CCCCC2)N(S(=O)(=O)c2ccc(OC)cc2)C1=O. The number of carbonyl (C=O) groups is 2. The molecule has 0 N–H and O–H groups in total. The predicted molar refractivity (Wildman–Crippen MR) is 97.6 cm³/mol. The summed E-state index contributed by atoms with van der Waals surface area (Å²) in [5.41, 5.74) is -0.743. The van der Waals surface area contributed by atoms with Gasteiger partial charge in [0.1, 0.15) is 5.75 Å². The summed E-state index contributed by atoms with van der Waals surface area (Å²) in [6, 6.07) is 6.02. The highest BCUT2D eigenvalue weighted by atomic mass is 32.2. The third kappa shape index (κ3) is 3.54. The number of carbonyl (C=O) groups excluding carboxylic acids is 2. The molecule has 8 heteroatoms. The van der Waals surface area contributed by atoms with Gasteiger partial charge in [-0.25, -0.2) is 12.7 Å². The molecule has 2 aliphatic rings. The maximum atomic E-state index is 13.4. The van der Waals surface area contributed by atoms with E-state index in [4.69, 9.17) is 9.47 Å². The lowest BCUT2D eigenvalue weighted by molar-refractivity contribution is -0.144. The fourth-order valence-corrected chi connectivity index (χ4v) is 6.16. The number of hydrogen-bond donors (Lipinski definition) is 0. The van der Waals surface area contributed by atoms with Crippen LogP contribution in [0.25, 0.3) is 0 Å². The van der Waals surface area contributed by atoms with E-state index in [1.54, 1.807) is 12.1 Å². The van der Waals surface area contributed by atoms with E-state index in [2.05, 4.69) is 0 Å². The molecule has 0 radical (unpaired) electrons. The molecular formula is C19H25NO6S. The Labute approximate surface area is 159 Å². The number of amides is 1. The zero-order chi connectivity index (χ0) is 19.7. The van der Waals surface area contributed by atoms with Crippen LogP contribution in [0.4, 0.5) is 0 Å². The van der Waals surface area contributed by atoms with Gasteiger partial charge in [0.2, 0.25) is 5.91 Å². The summed E-state index contributed by atoms with van der Waals surface area (Å²) in [4.78, 5) is 24.9. The van der Waals surface area contributed by atoms with E-state index >= 15 is 0 Å². The van der Waals surface area contributed by atoms with Gasteiger partial charge >= 0.3 is 5.97 Å². The summed E-state index contributed by atoms with van der Waals surface area (Å²) in [6.07, 6.45) is 4.30. The van der Waals surface area contributed by atoms with Crippen LogP contribution in [0, 0.1) is 5.92 Å². The van der Waals surface area contributed by atoms with Crippen molar-refractivity contribution in [2.24, 2.45) is 5.92 Å². The van der Waals surface area contributed by atoms with Crippen molar-refractivity contribution in [3.05, 3.63) is 24.3 Å². The Kier molecular flexibility index (Phi) is 5.46. The van der Waals surface area contributed by atoms with Crippen LogP contribution in [0.5, 0.6) is 5.75 Å². The Balaban J connectivity index is 2.00. The van der Waals surface area contributed by atoms with Crippen molar-refractivity contribution < 1.29 is 27.5 Å². The maximum absolute atomic E-state index is 13.4. The molecule has 2 fully saturated rings. The van der Waals surface area contributed by atoms with Crippen molar-refractivity contribution in [3.8, 4) is 5.75 Å². The first-order chi connectivity index (χ1) is 12.8. The standard InChI is InChI=1S/C19H25NO6S/c1-25-15-6-8-16(9-7-15)27(23,24)20-18(22)14(12-17(21)26-2)13-19(20)10-4-3-5-11-19/h6-9,14H,3-5,10-13H2,1-2H3/t14-/m1/s1. The van der Waals surface area contributed by atoms with Crippen LogP contribution in [0.2, 0.25) is 0 Å². The van der Waals surface area contributed by atoms with Crippen molar-refractivity contribution in [1.29, 1.82) is 0 Å². The Bertz CT molecular complexity index is 811. The molecule has 0 bridgehead atoms. The molecule has 27 heavy (non-hydrogen) atoms. The van der Waals surface area contributed by atoms with Crippen molar-refractivity contribution in [1.82, 2.24) is 4.31 Å². The topological polar surface area (TPSA) is 90.0 Å². The second-order valence-electron chi connectivity index (χ2n) is 7.25. The highest BCUT2D eigenvalue weighted by Crippen LogP contribution is 2.48. The third-order valence-corrected chi connectivity index (χ3v) is 7.55. The molecule has 0 unspecified atom stereocenters. The lowest BCUT2D eigenvalue weighted by atomic mass is 9.78. The van der Waals surface area contributed by atoms with Crippen LogP contribution < -0.4 is 4.74 Å². The molecule has 1 heterocycles. The first-order valence-electron chi connectivity index (χ1n) is 9.14. The number of methoxy groups -OCH3 is 2. The number of benzene rings is 1. The molecule has 1 spiro atoms. The third-order valence-electron chi connectivity index (χ3n) is 5.63. The number of ether oxygens (including phenoxy) is 2. The van der Waals surface area contributed by atoms with Gasteiger partial charge in [-0.2, -0.15) is 0 Å². The van der Waals surface area contributed by atoms with Crippen molar-refractivity contribution in [3.63, 3.8) is 0 Å². The van der Waals surface area contributed by atoms with E-state index in [9.17, 15) is 18.0 Å². The summed E-state index contributed by atoms with van der Waals surface area (Å²) in [5.74, 6) is -1.12. The zero-order valence-electron chi connectivity index (χ0n) is 15.6. The fourth-order valence-electron chi connectivity index (χ4n) is 4.32. The summed E-state index contributed by atoms with van der Waals surface area (Å²) >= 11 is 0. The molecule has 1 aliphatic carbocycles. The van der Waals surface area contributed by atoms with Gasteiger partial charge in [-0.15, -0.1) is 0 Å². The quantitative estimate of drug-likeness (QED) is 0.712. The number of nitrogens with zero attached hydrogens (tertiary/aromatic N) is 1.